The first-order valence-corrected chi connectivity index (χ1v) is 7.61. The Morgan fingerprint density at radius 1 is 1.53 bits per heavy atom. The molecule has 0 spiro atoms. The van der Waals surface area contributed by atoms with Crippen molar-refractivity contribution < 1.29 is 4.21 Å². The van der Waals surface area contributed by atoms with Crippen LogP contribution >= 0.6 is 11.3 Å². The van der Waals surface area contributed by atoms with E-state index in [9.17, 15) is 4.21 Å². The smallest absolute Gasteiger partial charge is 0.0329 e. The molecular weight excluding hydrogens is 226 g/mol. The fraction of sp³-hybridized carbons (Fsp3) is 0.636. The largest absolute Gasteiger partial charge is 0.312 e. The molecule has 2 atom stereocenters. The first-order valence-electron chi connectivity index (χ1n) is 5.18. The van der Waals surface area contributed by atoms with Gasteiger partial charge < -0.3 is 5.32 Å². The molecule has 86 valence electrons. The predicted octanol–water partition coefficient (Wildman–Crippen LogP) is 2.30. The lowest BCUT2D eigenvalue weighted by atomic mass is 10.3. The molecule has 1 heterocycles. The van der Waals surface area contributed by atoms with Gasteiger partial charge in [0, 0.05) is 38.6 Å². The van der Waals surface area contributed by atoms with E-state index in [2.05, 4.69) is 24.4 Å². The van der Waals surface area contributed by atoms with Crippen LogP contribution in [-0.4, -0.2) is 22.3 Å². The fourth-order valence-corrected chi connectivity index (χ4v) is 2.57. The average molecular weight is 245 g/mol. The third-order valence-corrected chi connectivity index (χ3v) is 4.76. The summed E-state index contributed by atoms with van der Waals surface area (Å²) in [5.41, 5.74) is 0. The first kappa shape index (κ1) is 12.9. The van der Waals surface area contributed by atoms with Crippen LogP contribution in [0.15, 0.2) is 12.1 Å². The Hall–Kier alpha value is -0.190. The van der Waals surface area contributed by atoms with E-state index < -0.39 is 10.8 Å². The van der Waals surface area contributed by atoms with E-state index in [1.54, 1.807) is 6.26 Å². The van der Waals surface area contributed by atoms with E-state index in [1.165, 1.54) is 9.75 Å². The molecule has 1 rings (SSSR count). The van der Waals surface area contributed by atoms with Gasteiger partial charge in [0.05, 0.1) is 0 Å². The summed E-state index contributed by atoms with van der Waals surface area (Å²) in [5, 5.41) is 3.67. The molecule has 2 nitrogen and oxygen atoms in total. The molecule has 15 heavy (non-hydrogen) atoms. The predicted molar refractivity (Wildman–Crippen MR) is 68.9 cm³/mol. The standard InChI is InChI=1S/C11H19NOS2/c1-9-4-5-11(14-9)8-12-7-6-10(2)15(3)13/h4-5,10,12H,6-8H2,1-3H3. The summed E-state index contributed by atoms with van der Waals surface area (Å²) in [7, 11) is -0.692. The van der Waals surface area contributed by atoms with Crippen LogP contribution in [0.1, 0.15) is 23.1 Å². The lowest BCUT2D eigenvalue weighted by molar-refractivity contribution is 0.632. The molecule has 1 aromatic rings. The highest BCUT2D eigenvalue weighted by molar-refractivity contribution is 7.84. The summed E-state index contributed by atoms with van der Waals surface area (Å²) >= 11 is 1.83. The van der Waals surface area contributed by atoms with Gasteiger partial charge in [-0.25, -0.2) is 0 Å². The van der Waals surface area contributed by atoms with E-state index in [-0.39, 0.29) is 0 Å². The highest BCUT2D eigenvalue weighted by Crippen LogP contribution is 2.14. The lowest BCUT2D eigenvalue weighted by Gasteiger charge is -2.08. The van der Waals surface area contributed by atoms with Gasteiger partial charge in [0.1, 0.15) is 0 Å². The Balaban J connectivity index is 2.14. The van der Waals surface area contributed by atoms with Gasteiger partial charge in [0.2, 0.25) is 0 Å². The first-order chi connectivity index (χ1) is 7.09. The maximum absolute atomic E-state index is 11.1. The zero-order chi connectivity index (χ0) is 11.3. The highest BCUT2D eigenvalue weighted by atomic mass is 32.2. The van der Waals surface area contributed by atoms with E-state index in [4.69, 9.17) is 0 Å². The van der Waals surface area contributed by atoms with Crippen LogP contribution in [0.5, 0.6) is 0 Å². The number of thiophene rings is 1. The van der Waals surface area contributed by atoms with Crippen molar-refractivity contribution in [3.05, 3.63) is 21.9 Å². The highest BCUT2D eigenvalue weighted by Gasteiger charge is 2.04. The van der Waals surface area contributed by atoms with Gasteiger partial charge in [0.15, 0.2) is 0 Å². The van der Waals surface area contributed by atoms with Crippen molar-refractivity contribution >= 4 is 22.1 Å². The maximum Gasteiger partial charge on any atom is 0.0329 e. The Morgan fingerprint density at radius 2 is 2.27 bits per heavy atom. The van der Waals surface area contributed by atoms with Crippen LogP contribution < -0.4 is 5.32 Å². The quantitative estimate of drug-likeness (QED) is 0.779. The second kappa shape index (κ2) is 6.40. The van der Waals surface area contributed by atoms with Gasteiger partial charge in [0.25, 0.3) is 0 Å². The topological polar surface area (TPSA) is 29.1 Å². The van der Waals surface area contributed by atoms with Gasteiger partial charge in [-0.15, -0.1) is 11.3 Å². The number of hydrogen-bond acceptors (Lipinski definition) is 3. The van der Waals surface area contributed by atoms with E-state index in [0.717, 1.165) is 19.5 Å². The molecule has 0 fully saturated rings. The van der Waals surface area contributed by atoms with Crippen LogP contribution in [0.2, 0.25) is 0 Å². The van der Waals surface area contributed by atoms with Crippen molar-refractivity contribution in [3.63, 3.8) is 0 Å². The minimum atomic E-state index is -0.692. The molecule has 0 saturated carbocycles. The maximum atomic E-state index is 11.1. The zero-order valence-corrected chi connectivity index (χ0v) is 11.2. The Bertz CT molecular complexity index is 322. The Morgan fingerprint density at radius 3 is 2.80 bits per heavy atom. The third kappa shape index (κ3) is 4.91. The van der Waals surface area contributed by atoms with Crippen molar-refractivity contribution in [2.75, 3.05) is 12.8 Å². The summed E-state index contributed by atoms with van der Waals surface area (Å²) < 4.78 is 11.1. The van der Waals surface area contributed by atoms with E-state index >= 15 is 0 Å². The minimum Gasteiger partial charge on any atom is -0.312 e. The molecule has 1 aromatic heterocycles. The normalized spacial score (nSPS) is 15.1. The zero-order valence-electron chi connectivity index (χ0n) is 9.58. The van der Waals surface area contributed by atoms with Gasteiger partial charge in [-0.2, -0.15) is 0 Å². The van der Waals surface area contributed by atoms with Gasteiger partial charge >= 0.3 is 0 Å². The van der Waals surface area contributed by atoms with Gasteiger partial charge in [-0.05, 0) is 32.0 Å². The number of hydrogen-bond donors (Lipinski definition) is 1. The molecule has 4 heteroatoms. The second-order valence-electron chi connectivity index (χ2n) is 3.79. The summed E-state index contributed by atoms with van der Waals surface area (Å²) in [5.74, 6) is 0. The van der Waals surface area contributed by atoms with Gasteiger partial charge in [-0.1, -0.05) is 6.92 Å². The van der Waals surface area contributed by atoms with Crippen molar-refractivity contribution in [2.24, 2.45) is 0 Å². The van der Waals surface area contributed by atoms with Crippen LogP contribution in [0.3, 0.4) is 0 Å². The lowest BCUT2D eigenvalue weighted by Crippen LogP contribution is -2.20. The molecule has 0 amide bonds. The van der Waals surface area contributed by atoms with Crippen LogP contribution in [0.25, 0.3) is 0 Å². The molecule has 0 aliphatic carbocycles. The minimum absolute atomic E-state index is 0.294. The van der Waals surface area contributed by atoms with Crippen LogP contribution in [0.4, 0.5) is 0 Å². The molecule has 0 aliphatic rings. The average Bonchev–Trinajstić information content (AvgIpc) is 2.58. The molecule has 0 radical (unpaired) electrons. The number of nitrogens with one attached hydrogen (secondary N) is 1. The number of rotatable bonds is 6. The van der Waals surface area contributed by atoms with Crippen molar-refractivity contribution in [1.82, 2.24) is 5.32 Å². The van der Waals surface area contributed by atoms with Crippen molar-refractivity contribution in [3.8, 4) is 0 Å². The van der Waals surface area contributed by atoms with Crippen LogP contribution in [0, 0.1) is 6.92 Å². The second-order valence-corrected chi connectivity index (χ2v) is 6.96. The SMILES string of the molecule is Cc1ccc(CNCCC(C)S(C)=O)s1. The molecular formula is C11H19NOS2. The van der Waals surface area contributed by atoms with Crippen molar-refractivity contribution in [1.29, 1.82) is 0 Å². The molecule has 0 saturated heterocycles. The molecule has 0 aromatic carbocycles. The molecule has 2 unspecified atom stereocenters. The summed E-state index contributed by atoms with van der Waals surface area (Å²) in [6.45, 7) is 6.03. The molecule has 0 bridgehead atoms. The molecule has 1 N–H and O–H groups in total. The van der Waals surface area contributed by atoms with E-state index in [0.29, 0.717) is 5.25 Å². The Labute approximate surface area is 98.6 Å². The summed E-state index contributed by atoms with van der Waals surface area (Å²) in [6.07, 6.45) is 2.75. The van der Waals surface area contributed by atoms with E-state index in [1.807, 2.05) is 18.3 Å². The third-order valence-electron chi connectivity index (χ3n) is 2.39. The summed E-state index contributed by atoms with van der Waals surface area (Å²) in [4.78, 5) is 2.73. The fourth-order valence-electron chi connectivity index (χ4n) is 1.26. The van der Waals surface area contributed by atoms with Crippen LogP contribution in [-0.2, 0) is 17.3 Å². The monoisotopic (exact) mass is 245 g/mol. The summed E-state index contributed by atoms with van der Waals surface area (Å²) in [6, 6.07) is 4.31. The molecule has 0 aliphatic heterocycles. The number of aryl methyl sites for hydroxylation is 1. The van der Waals surface area contributed by atoms with Crippen molar-refractivity contribution in [2.45, 2.75) is 32.1 Å². The Kier molecular flexibility index (Phi) is 5.50. The van der Waals surface area contributed by atoms with Gasteiger partial charge in [-0.3, -0.25) is 4.21 Å².